The van der Waals surface area contributed by atoms with Crippen LogP contribution >= 0.6 is 0 Å². The van der Waals surface area contributed by atoms with Gasteiger partial charge in [-0.1, -0.05) is 18.2 Å². The molecule has 0 bridgehead atoms. The summed E-state index contributed by atoms with van der Waals surface area (Å²) in [7, 11) is 0. The fourth-order valence-electron chi connectivity index (χ4n) is 3.75. The van der Waals surface area contributed by atoms with Crippen LogP contribution in [-0.2, 0) is 9.59 Å². The lowest BCUT2D eigenvalue weighted by Gasteiger charge is -2.32. The van der Waals surface area contributed by atoms with Gasteiger partial charge >= 0.3 is 0 Å². The second kappa shape index (κ2) is 9.98. The van der Waals surface area contributed by atoms with E-state index in [1.54, 1.807) is 11.2 Å². The summed E-state index contributed by atoms with van der Waals surface area (Å²) in [6.07, 6.45) is 3.54. The predicted molar refractivity (Wildman–Crippen MR) is 119 cm³/mol. The van der Waals surface area contributed by atoms with E-state index >= 15 is 0 Å². The van der Waals surface area contributed by atoms with Crippen LogP contribution in [0.25, 0.3) is 11.3 Å². The summed E-state index contributed by atoms with van der Waals surface area (Å²) in [4.78, 5) is 27.1. The van der Waals surface area contributed by atoms with Crippen LogP contribution in [0.3, 0.4) is 0 Å². The van der Waals surface area contributed by atoms with Crippen molar-refractivity contribution < 1.29 is 18.7 Å². The van der Waals surface area contributed by atoms with Crippen molar-refractivity contribution in [2.24, 2.45) is 5.92 Å². The lowest BCUT2D eigenvalue weighted by molar-refractivity contribution is -0.135. The van der Waals surface area contributed by atoms with Gasteiger partial charge in [0.05, 0.1) is 25.2 Å². The van der Waals surface area contributed by atoms with Gasteiger partial charge in [-0.05, 0) is 61.4 Å². The topological polar surface area (TPSA) is 71.8 Å². The molecule has 2 aromatic carbocycles. The molecule has 0 spiro atoms. The van der Waals surface area contributed by atoms with Crippen LogP contribution in [0.4, 0.5) is 5.69 Å². The number of piperidine rings is 1. The Labute approximate surface area is 181 Å². The summed E-state index contributed by atoms with van der Waals surface area (Å²) in [6, 6.07) is 20.7. The molecule has 160 valence electrons. The fourth-order valence-corrected chi connectivity index (χ4v) is 3.75. The molecule has 1 aromatic heterocycles. The molecule has 4 rings (SSSR count). The zero-order valence-electron chi connectivity index (χ0n) is 17.3. The number of ether oxygens (including phenoxy) is 1. The second-order valence-corrected chi connectivity index (χ2v) is 7.63. The third-order valence-electron chi connectivity index (χ3n) is 5.43. The minimum atomic E-state index is -0.211. The van der Waals surface area contributed by atoms with Crippen molar-refractivity contribution in [3.05, 3.63) is 73.0 Å². The molecule has 0 radical (unpaired) electrons. The zero-order chi connectivity index (χ0) is 21.5. The highest BCUT2D eigenvalue weighted by Crippen LogP contribution is 2.23. The van der Waals surface area contributed by atoms with E-state index < -0.39 is 0 Å². The maximum absolute atomic E-state index is 12.8. The van der Waals surface area contributed by atoms with Gasteiger partial charge in [0.1, 0.15) is 11.5 Å². The van der Waals surface area contributed by atoms with E-state index in [-0.39, 0.29) is 17.7 Å². The van der Waals surface area contributed by atoms with Gasteiger partial charge in [-0.2, -0.15) is 0 Å². The fraction of sp³-hybridized carbons (Fsp3) is 0.280. The van der Waals surface area contributed by atoms with Gasteiger partial charge < -0.3 is 19.4 Å². The van der Waals surface area contributed by atoms with Crippen molar-refractivity contribution in [1.29, 1.82) is 0 Å². The average Bonchev–Trinajstić information content (AvgIpc) is 3.35. The molecule has 1 aliphatic rings. The number of anilines is 1. The molecule has 1 fully saturated rings. The third kappa shape index (κ3) is 5.54. The molecule has 1 N–H and O–H groups in total. The lowest BCUT2D eigenvalue weighted by atomic mass is 9.96. The van der Waals surface area contributed by atoms with E-state index in [9.17, 15) is 9.59 Å². The lowest BCUT2D eigenvalue weighted by Crippen LogP contribution is -2.44. The number of para-hydroxylation sites is 1. The molecule has 1 unspecified atom stereocenters. The van der Waals surface area contributed by atoms with Crippen LogP contribution in [0.1, 0.15) is 19.3 Å². The van der Waals surface area contributed by atoms with E-state index in [1.165, 1.54) is 0 Å². The largest absolute Gasteiger partial charge is 0.493 e. The standard InChI is InChI=1S/C25H26N2O4/c28-24(14-17-30-22-7-2-1-3-8-22)27-15-4-6-20(18-27)25(29)26-21-12-10-19(11-13-21)23-9-5-16-31-23/h1-3,5,7-13,16,20H,4,6,14-15,17-18H2,(H,26,29). The van der Waals surface area contributed by atoms with E-state index in [0.717, 1.165) is 35.6 Å². The van der Waals surface area contributed by atoms with Crippen LogP contribution in [0.2, 0.25) is 0 Å². The van der Waals surface area contributed by atoms with Gasteiger partial charge in [0, 0.05) is 24.3 Å². The van der Waals surface area contributed by atoms with Crippen molar-refractivity contribution in [2.45, 2.75) is 19.3 Å². The summed E-state index contributed by atoms with van der Waals surface area (Å²) in [5.41, 5.74) is 1.69. The van der Waals surface area contributed by atoms with Crippen LogP contribution in [0.15, 0.2) is 77.4 Å². The highest BCUT2D eigenvalue weighted by Gasteiger charge is 2.28. The summed E-state index contributed by atoms with van der Waals surface area (Å²) in [6.45, 7) is 1.46. The molecule has 6 heteroatoms. The number of carbonyl (C=O) groups is 2. The van der Waals surface area contributed by atoms with Crippen LogP contribution in [-0.4, -0.2) is 36.4 Å². The Morgan fingerprint density at radius 1 is 1.03 bits per heavy atom. The SMILES string of the molecule is O=C(Nc1ccc(-c2ccco2)cc1)C1CCCN(C(=O)CCOc2ccccc2)C1. The zero-order valence-corrected chi connectivity index (χ0v) is 17.3. The number of carbonyl (C=O) groups excluding carboxylic acids is 2. The quantitative estimate of drug-likeness (QED) is 0.609. The molecule has 1 saturated heterocycles. The Balaban J connectivity index is 1.26. The molecular formula is C25H26N2O4. The van der Waals surface area contributed by atoms with Crippen LogP contribution in [0, 0.1) is 5.92 Å². The normalized spacial score (nSPS) is 16.0. The van der Waals surface area contributed by atoms with Crippen molar-refractivity contribution in [2.75, 3.05) is 25.0 Å². The molecule has 1 atom stereocenters. The van der Waals surface area contributed by atoms with E-state index in [2.05, 4.69) is 5.32 Å². The maximum Gasteiger partial charge on any atom is 0.229 e. The first-order chi connectivity index (χ1) is 15.2. The number of hydrogen-bond donors (Lipinski definition) is 1. The summed E-state index contributed by atoms with van der Waals surface area (Å²) < 4.78 is 11.0. The van der Waals surface area contributed by atoms with Gasteiger partial charge in [-0.3, -0.25) is 9.59 Å². The first-order valence-corrected chi connectivity index (χ1v) is 10.6. The number of likely N-dealkylation sites (tertiary alicyclic amines) is 1. The Hall–Kier alpha value is -3.54. The highest BCUT2D eigenvalue weighted by molar-refractivity contribution is 5.93. The van der Waals surface area contributed by atoms with Crippen molar-refractivity contribution in [3.8, 4) is 17.1 Å². The van der Waals surface area contributed by atoms with Crippen molar-refractivity contribution in [1.82, 2.24) is 4.90 Å². The Morgan fingerprint density at radius 2 is 1.84 bits per heavy atom. The molecule has 0 saturated carbocycles. The third-order valence-corrected chi connectivity index (χ3v) is 5.43. The second-order valence-electron chi connectivity index (χ2n) is 7.63. The number of nitrogens with one attached hydrogen (secondary N) is 1. The molecule has 3 aromatic rings. The molecule has 6 nitrogen and oxygen atoms in total. The van der Waals surface area contributed by atoms with Gasteiger partial charge in [-0.15, -0.1) is 0 Å². The van der Waals surface area contributed by atoms with Gasteiger partial charge in [0.25, 0.3) is 0 Å². The molecule has 1 aliphatic heterocycles. The predicted octanol–water partition coefficient (Wildman–Crippen LogP) is 4.59. The van der Waals surface area contributed by atoms with Gasteiger partial charge in [0.2, 0.25) is 11.8 Å². The number of amides is 2. The van der Waals surface area contributed by atoms with Crippen LogP contribution < -0.4 is 10.1 Å². The monoisotopic (exact) mass is 418 g/mol. The number of benzene rings is 2. The maximum atomic E-state index is 12.8. The molecule has 0 aliphatic carbocycles. The summed E-state index contributed by atoms with van der Waals surface area (Å²) >= 11 is 0. The number of hydrogen-bond acceptors (Lipinski definition) is 4. The van der Waals surface area contributed by atoms with Gasteiger partial charge in [-0.25, -0.2) is 0 Å². The van der Waals surface area contributed by atoms with Crippen molar-refractivity contribution in [3.63, 3.8) is 0 Å². The Bertz CT molecular complexity index is 984. The Morgan fingerprint density at radius 3 is 2.58 bits per heavy atom. The molecule has 2 amide bonds. The van der Waals surface area contributed by atoms with E-state index in [0.29, 0.717) is 26.1 Å². The smallest absolute Gasteiger partial charge is 0.229 e. The minimum Gasteiger partial charge on any atom is -0.493 e. The van der Waals surface area contributed by atoms with Gasteiger partial charge in [0.15, 0.2) is 0 Å². The Kier molecular flexibility index (Phi) is 6.67. The first kappa shape index (κ1) is 20.7. The number of rotatable bonds is 7. The van der Waals surface area contributed by atoms with E-state index in [1.807, 2.05) is 66.7 Å². The van der Waals surface area contributed by atoms with E-state index in [4.69, 9.17) is 9.15 Å². The highest BCUT2D eigenvalue weighted by atomic mass is 16.5. The first-order valence-electron chi connectivity index (χ1n) is 10.6. The summed E-state index contributed by atoms with van der Waals surface area (Å²) in [5, 5.41) is 2.98. The molecular weight excluding hydrogens is 392 g/mol. The summed E-state index contributed by atoms with van der Waals surface area (Å²) in [5.74, 6) is 1.30. The number of nitrogens with zero attached hydrogens (tertiary/aromatic N) is 1. The number of furan rings is 1. The molecule has 2 heterocycles. The molecule has 31 heavy (non-hydrogen) atoms. The minimum absolute atomic E-state index is 0.0243. The average molecular weight is 418 g/mol. The van der Waals surface area contributed by atoms with Crippen LogP contribution in [0.5, 0.6) is 5.75 Å². The van der Waals surface area contributed by atoms with Crippen molar-refractivity contribution >= 4 is 17.5 Å².